The summed E-state index contributed by atoms with van der Waals surface area (Å²) in [6, 6.07) is 3.60. The summed E-state index contributed by atoms with van der Waals surface area (Å²) in [7, 11) is 0. The van der Waals surface area contributed by atoms with E-state index in [1.807, 2.05) is 36.7 Å². The molecule has 0 radical (unpaired) electrons. The van der Waals surface area contributed by atoms with Gasteiger partial charge in [0.1, 0.15) is 5.65 Å². The molecule has 6 nitrogen and oxygen atoms in total. The number of rotatable bonds is 4. The average Bonchev–Trinajstić information content (AvgIpc) is 2.96. The number of carbonyl (C=O) groups is 1. The van der Waals surface area contributed by atoms with Crippen molar-refractivity contribution in [2.24, 2.45) is 5.41 Å². The van der Waals surface area contributed by atoms with Crippen molar-refractivity contribution in [2.45, 2.75) is 39.2 Å². The Hall–Kier alpha value is -1.92. The van der Waals surface area contributed by atoms with Gasteiger partial charge in [0.15, 0.2) is 0 Å². The molecule has 3 heterocycles. The average molecular weight is 331 g/mol. The molecule has 1 fully saturated rings. The van der Waals surface area contributed by atoms with Crippen LogP contribution < -0.4 is 0 Å². The minimum Gasteiger partial charge on any atom is -0.396 e. The van der Waals surface area contributed by atoms with Gasteiger partial charge in [-0.05, 0) is 31.9 Å². The lowest BCUT2D eigenvalue weighted by molar-refractivity contribution is -0.0713. The van der Waals surface area contributed by atoms with Gasteiger partial charge < -0.3 is 19.5 Å². The summed E-state index contributed by atoms with van der Waals surface area (Å²) in [5, 5.41) is 20.3. The topological polar surface area (TPSA) is 78.1 Å². The molecule has 2 N–H and O–H groups in total. The number of aliphatic hydroxyl groups is 2. The van der Waals surface area contributed by atoms with Gasteiger partial charge in [0, 0.05) is 30.9 Å². The van der Waals surface area contributed by atoms with Crippen LogP contribution in [0.3, 0.4) is 0 Å². The molecule has 2 atom stereocenters. The van der Waals surface area contributed by atoms with Crippen molar-refractivity contribution >= 4 is 11.6 Å². The number of aromatic nitrogens is 2. The first-order valence-electron chi connectivity index (χ1n) is 8.53. The van der Waals surface area contributed by atoms with E-state index in [0.717, 1.165) is 18.5 Å². The zero-order chi connectivity index (χ0) is 17.3. The van der Waals surface area contributed by atoms with Crippen molar-refractivity contribution in [3.63, 3.8) is 0 Å². The van der Waals surface area contributed by atoms with Gasteiger partial charge >= 0.3 is 0 Å². The molecule has 130 valence electrons. The van der Waals surface area contributed by atoms with Crippen molar-refractivity contribution in [3.8, 4) is 0 Å². The first-order valence-corrected chi connectivity index (χ1v) is 8.53. The number of nitrogens with zero attached hydrogens (tertiary/aromatic N) is 3. The van der Waals surface area contributed by atoms with Crippen LogP contribution in [-0.4, -0.2) is 56.2 Å². The highest BCUT2D eigenvalue weighted by molar-refractivity contribution is 5.99. The second kappa shape index (κ2) is 6.53. The molecule has 0 unspecified atom stereocenters. The maximum atomic E-state index is 12.9. The number of likely N-dealkylation sites (tertiary alicyclic amines) is 1. The molecular formula is C18H25N3O3. The number of fused-ring (bicyclic) bond motifs is 1. The van der Waals surface area contributed by atoms with E-state index in [1.54, 1.807) is 11.0 Å². The molecule has 1 amide bonds. The molecule has 0 saturated carbocycles. The van der Waals surface area contributed by atoms with Crippen LogP contribution in [0.1, 0.15) is 42.2 Å². The van der Waals surface area contributed by atoms with E-state index in [9.17, 15) is 15.0 Å². The second-order valence-corrected chi connectivity index (χ2v) is 6.82. The summed E-state index contributed by atoms with van der Waals surface area (Å²) in [4.78, 5) is 19.0. The first kappa shape index (κ1) is 16.9. The predicted octanol–water partition coefficient (Wildman–Crippen LogP) is 1.63. The van der Waals surface area contributed by atoms with E-state index in [4.69, 9.17) is 0 Å². The Morgan fingerprint density at radius 3 is 2.96 bits per heavy atom. The summed E-state index contributed by atoms with van der Waals surface area (Å²) in [6.45, 7) is 4.69. The zero-order valence-electron chi connectivity index (χ0n) is 14.3. The quantitative estimate of drug-likeness (QED) is 0.892. The van der Waals surface area contributed by atoms with E-state index in [1.165, 1.54) is 0 Å². The molecule has 0 aromatic carbocycles. The van der Waals surface area contributed by atoms with Gasteiger partial charge in [-0.15, -0.1) is 0 Å². The van der Waals surface area contributed by atoms with Crippen LogP contribution in [0.15, 0.2) is 24.5 Å². The van der Waals surface area contributed by atoms with Crippen LogP contribution in [0.4, 0.5) is 0 Å². The number of carbonyl (C=O) groups excluding carboxylic acids is 1. The molecule has 1 aliphatic rings. The molecular weight excluding hydrogens is 306 g/mol. The Morgan fingerprint density at radius 1 is 1.50 bits per heavy atom. The molecule has 0 spiro atoms. The lowest BCUT2D eigenvalue weighted by atomic mass is 9.73. The lowest BCUT2D eigenvalue weighted by Crippen LogP contribution is -2.54. The summed E-state index contributed by atoms with van der Waals surface area (Å²) in [5.74, 6) is -0.117. The Morgan fingerprint density at radius 2 is 2.29 bits per heavy atom. The Labute approximate surface area is 141 Å². The molecule has 2 aromatic rings. The third-order valence-electron chi connectivity index (χ3n) is 5.16. The number of aryl methyl sites for hydroxylation is 1. The van der Waals surface area contributed by atoms with Gasteiger partial charge in [0.25, 0.3) is 5.91 Å². The second-order valence-electron chi connectivity index (χ2n) is 6.82. The summed E-state index contributed by atoms with van der Waals surface area (Å²) < 4.78 is 1.85. The summed E-state index contributed by atoms with van der Waals surface area (Å²) in [5.41, 5.74) is 1.56. The highest BCUT2D eigenvalue weighted by Gasteiger charge is 2.42. The Kier molecular flexibility index (Phi) is 4.60. The predicted molar refractivity (Wildman–Crippen MR) is 90.9 cm³/mol. The molecule has 0 aliphatic carbocycles. The fourth-order valence-corrected chi connectivity index (χ4v) is 3.73. The molecule has 3 rings (SSSR count). The largest absolute Gasteiger partial charge is 0.396 e. The van der Waals surface area contributed by atoms with Gasteiger partial charge in [0.05, 0.1) is 24.0 Å². The maximum Gasteiger partial charge on any atom is 0.257 e. The fraction of sp³-hybridized carbons (Fsp3) is 0.556. The third-order valence-corrected chi connectivity index (χ3v) is 5.16. The number of amides is 1. The number of aliphatic hydroxyl groups excluding tert-OH is 2. The van der Waals surface area contributed by atoms with E-state index >= 15 is 0 Å². The summed E-state index contributed by atoms with van der Waals surface area (Å²) >= 11 is 0. The SMILES string of the molecule is CCC[C@]1(CO)CCN(C(=O)c2cccn3cc(C)nc23)C[C@@H]1O. The molecule has 6 heteroatoms. The van der Waals surface area contributed by atoms with Gasteiger partial charge in [-0.3, -0.25) is 4.79 Å². The molecule has 1 saturated heterocycles. The minimum atomic E-state index is -0.707. The van der Waals surface area contributed by atoms with Crippen LogP contribution in [-0.2, 0) is 0 Å². The van der Waals surface area contributed by atoms with E-state index in [2.05, 4.69) is 4.98 Å². The number of piperidine rings is 1. The van der Waals surface area contributed by atoms with E-state index in [0.29, 0.717) is 24.2 Å². The fourth-order valence-electron chi connectivity index (χ4n) is 3.73. The van der Waals surface area contributed by atoms with Crippen LogP contribution in [0.25, 0.3) is 5.65 Å². The van der Waals surface area contributed by atoms with Gasteiger partial charge in [-0.2, -0.15) is 0 Å². The monoisotopic (exact) mass is 331 g/mol. The van der Waals surface area contributed by atoms with Gasteiger partial charge in [0.2, 0.25) is 0 Å². The first-order chi connectivity index (χ1) is 11.5. The third kappa shape index (κ3) is 2.80. The molecule has 0 bridgehead atoms. The van der Waals surface area contributed by atoms with Crippen molar-refractivity contribution in [3.05, 3.63) is 35.8 Å². The number of imidazole rings is 1. The van der Waals surface area contributed by atoms with Crippen molar-refractivity contribution < 1.29 is 15.0 Å². The van der Waals surface area contributed by atoms with Crippen LogP contribution in [0.5, 0.6) is 0 Å². The molecule has 24 heavy (non-hydrogen) atoms. The van der Waals surface area contributed by atoms with Crippen molar-refractivity contribution in [2.75, 3.05) is 19.7 Å². The van der Waals surface area contributed by atoms with Gasteiger partial charge in [-0.1, -0.05) is 13.3 Å². The standard InChI is InChI=1S/C18H25N3O3/c1-3-6-18(12-22)7-9-21(11-15(18)23)17(24)14-5-4-8-20-10-13(2)19-16(14)20/h4-5,8,10,15,22-23H,3,6-7,9,11-12H2,1-2H3/t15-,18+/m0/s1. The zero-order valence-corrected chi connectivity index (χ0v) is 14.3. The number of β-amino-alcohol motifs (C(OH)–C–C–N with tert-alkyl or cyclic N) is 1. The van der Waals surface area contributed by atoms with Crippen molar-refractivity contribution in [1.82, 2.24) is 14.3 Å². The van der Waals surface area contributed by atoms with E-state index in [-0.39, 0.29) is 19.1 Å². The highest BCUT2D eigenvalue weighted by atomic mass is 16.3. The molecule has 1 aliphatic heterocycles. The van der Waals surface area contributed by atoms with Gasteiger partial charge in [-0.25, -0.2) is 4.98 Å². The normalized spacial score (nSPS) is 24.5. The van der Waals surface area contributed by atoms with Crippen LogP contribution in [0, 0.1) is 12.3 Å². The maximum absolute atomic E-state index is 12.9. The number of hydrogen-bond acceptors (Lipinski definition) is 4. The lowest BCUT2D eigenvalue weighted by Gasteiger charge is -2.44. The summed E-state index contributed by atoms with van der Waals surface area (Å²) in [6.07, 6.45) is 5.33. The minimum absolute atomic E-state index is 0.0426. The van der Waals surface area contributed by atoms with Crippen LogP contribution in [0.2, 0.25) is 0 Å². The van der Waals surface area contributed by atoms with Crippen LogP contribution >= 0.6 is 0 Å². The van der Waals surface area contributed by atoms with E-state index < -0.39 is 11.5 Å². The Bertz CT molecular complexity index is 742. The number of hydrogen-bond donors (Lipinski definition) is 2. The highest BCUT2D eigenvalue weighted by Crippen LogP contribution is 2.36. The Balaban J connectivity index is 1.84. The smallest absolute Gasteiger partial charge is 0.257 e. The molecule has 2 aromatic heterocycles. The van der Waals surface area contributed by atoms with Crippen molar-refractivity contribution in [1.29, 1.82) is 0 Å². The number of pyridine rings is 1.